The fourth-order valence-corrected chi connectivity index (χ4v) is 2.51. The van der Waals surface area contributed by atoms with E-state index in [-0.39, 0.29) is 18.5 Å². The molecule has 23 heavy (non-hydrogen) atoms. The molecule has 3 amide bonds. The highest BCUT2D eigenvalue weighted by atomic mass is 16.2. The average molecular weight is 305 g/mol. The van der Waals surface area contributed by atoms with E-state index in [2.05, 4.69) is 6.58 Å². The van der Waals surface area contributed by atoms with Crippen molar-refractivity contribution in [2.45, 2.75) is 13.1 Å². The Morgan fingerprint density at radius 3 is 1.87 bits per heavy atom. The zero-order valence-electron chi connectivity index (χ0n) is 12.7. The molecule has 1 aliphatic heterocycles. The van der Waals surface area contributed by atoms with Gasteiger partial charge in [-0.05, 0) is 11.1 Å². The summed E-state index contributed by atoms with van der Waals surface area (Å²) < 4.78 is 0. The highest BCUT2D eigenvalue weighted by molar-refractivity contribution is 6.07. The van der Waals surface area contributed by atoms with E-state index in [9.17, 15) is 9.59 Å². The predicted octanol–water partition coefficient (Wildman–Crippen LogP) is 3.37. The number of hydrogen-bond acceptors (Lipinski definition) is 2. The SMILES string of the molecule is C=C1[CH]N(Cc2ccccc2)C(=O)N(Cc2ccccc2)C1=O. The number of urea groups is 1. The van der Waals surface area contributed by atoms with Crippen LogP contribution in [0.2, 0.25) is 0 Å². The lowest BCUT2D eigenvalue weighted by Crippen LogP contribution is -2.50. The van der Waals surface area contributed by atoms with Crippen LogP contribution in [0.5, 0.6) is 0 Å². The van der Waals surface area contributed by atoms with Gasteiger partial charge in [-0.25, -0.2) is 4.79 Å². The quantitative estimate of drug-likeness (QED) is 0.813. The molecule has 4 heteroatoms. The fourth-order valence-electron chi connectivity index (χ4n) is 2.51. The summed E-state index contributed by atoms with van der Waals surface area (Å²) >= 11 is 0. The second kappa shape index (κ2) is 6.48. The highest BCUT2D eigenvalue weighted by Crippen LogP contribution is 2.22. The lowest BCUT2D eigenvalue weighted by Gasteiger charge is -2.34. The topological polar surface area (TPSA) is 40.6 Å². The molecule has 1 fully saturated rings. The third kappa shape index (κ3) is 3.31. The molecule has 1 heterocycles. The summed E-state index contributed by atoms with van der Waals surface area (Å²) in [5.74, 6) is -0.344. The maximum Gasteiger partial charge on any atom is 0.328 e. The number of rotatable bonds is 4. The molecule has 115 valence electrons. The minimum Gasteiger partial charge on any atom is -0.310 e. The van der Waals surface area contributed by atoms with Crippen molar-refractivity contribution in [3.05, 3.63) is 90.5 Å². The Bertz CT molecular complexity index is 726. The second-order valence-electron chi connectivity index (χ2n) is 5.43. The Morgan fingerprint density at radius 2 is 1.30 bits per heavy atom. The maximum absolute atomic E-state index is 12.6. The van der Waals surface area contributed by atoms with Gasteiger partial charge in [-0.2, -0.15) is 0 Å². The molecule has 0 aromatic heterocycles. The summed E-state index contributed by atoms with van der Waals surface area (Å²) in [4.78, 5) is 27.7. The number of hydrogen-bond donors (Lipinski definition) is 0. The minimum atomic E-state index is -0.344. The molecule has 4 nitrogen and oxygen atoms in total. The van der Waals surface area contributed by atoms with Crippen LogP contribution in [-0.2, 0) is 17.9 Å². The predicted molar refractivity (Wildman–Crippen MR) is 87.8 cm³/mol. The summed E-state index contributed by atoms with van der Waals surface area (Å²) in [5, 5.41) is 0. The normalized spacial score (nSPS) is 15.2. The number of imide groups is 1. The van der Waals surface area contributed by atoms with E-state index >= 15 is 0 Å². The molecule has 0 N–H and O–H groups in total. The van der Waals surface area contributed by atoms with Gasteiger partial charge in [-0.3, -0.25) is 9.69 Å². The van der Waals surface area contributed by atoms with Crippen LogP contribution in [0.25, 0.3) is 0 Å². The smallest absolute Gasteiger partial charge is 0.310 e. The lowest BCUT2D eigenvalue weighted by atomic mass is 10.1. The van der Waals surface area contributed by atoms with E-state index in [1.54, 1.807) is 0 Å². The van der Waals surface area contributed by atoms with Crippen LogP contribution in [0.1, 0.15) is 11.1 Å². The largest absolute Gasteiger partial charge is 0.328 e. The Kier molecular flexibility index (Phi) is 4.24. The van der Waals surface area contributed by atoms with Gasteiger partial charge in [0, 0.05) is 12.1 Å². The third-order valence-corrected chi connectivity index (χ3v) is 3.69. The molecule has 0 aliphatic carbocycles. The number of amides is 3. The van der Waals surface area contributed by atoms with E-state index in [1.807, 2.05) is 60.7 Å². The van der Waals surface area contributed by atoms with Gasteiger partial charge in [0.05, 0.1) is 13.1 Å². The lowest BCUT2D eigenvalue weighted by molar-refractivity contribution is -0.126. The first kappa shape index (κ1) is 15.0. The Balaban J connectivity index is 1.79. The first-order chi connectivity index (χ1) is 11.1. The number of carbonyl (C=O) groups excluding carboxylic acids is 2. The fraction of sp³-hybridized carbons (Fsp3) is 0.105. The molecule has 2 aromatic rings. The van der Waals surface area contributed by atoms with Gasteiger partial charge in [0.1, 0.15) is 0 Å². The van der Waals surface area contributed by atoms with Crippen LogP contribution in [0.15, 0.2) is 72.8 Å². The average Bonchev–Trinajstić information content (AvgIpc) is 2.58. The van der Waals surface area contributed by atoms with E-state index in [0.29, 0.717) is 12.1 Å². The van der Waals surface area contributed by atoms with Crippen molar-refractivity contribution in [1.82, 2.24) is 9.80 Å². The summed E-state index contributed by atoms with van der Waals surface area (Å²) in [6.07, 6.45) is 0. The molecular formula is C19H17N2O2. The van der Waals surface area contributed by atoms with Crippen molar-refractivity contribution < 1.29 is 9.59 Å². The Morgan fingerprint density at radius 1 is 0.783 bits per heavy atom. The standard InChI is InChI=1S/C19H17N2O2/c1-15-12-20(13-16-8-4-2-5-9-16)19(23)21(18(15)22)14-17-10-6-3-7-11-17/h2-12H,1,13-14H2. The summed E-state index contributed by atoms with van der Waals surface area (Å²) in [5.41, 5.74) is 2.22. The van der Waals surface area contributed by atoms with Crippen LogP contribution in [-0.4, -0.2) is 21.7 Å². The Hall–Kier alpha value is -2.88. The van der Waals surface area contributed by atoms with E-state index in [1.165, 1.54) is 16.3 Å². The van der Waals surface area contributed by atoms with Gasteiger partial charge in [0.15, 0.2) is 0 Å². The summed E-state index contributed by atoms with van der Waals surface area (Å²) in [6, 6.07) is 18.8. The van der Waals surface area contributed by atoms with E-state index < -0.39 is 0 Å². The van der Waals surface area contributed by atoms with Crippen LogP contribution in [0, 0.1) is 6.54 Å². The zero-order valence-corrected chi connectivity index (χ0v) is 12.7. The van der Waals surface area contributed by atoms with E-state index in [4.69, 9.17) is 0 Å². The molecule has 1 saturated heterocycles. The van der Waals surface area contributed by atoms with Gasteiger partial charge < -0.3 is 4.90 Å². The van der Waals surface area contributed by atoms with Crippen molar-refractivity contribution in [3.63, 3.8) is 0 Å². The van der Waals surface area contributed by atoms with Crippen LogP contribution < -0.4 is 0 Å². The second-order valence-corrected chi connectivity index (χ2v) is 5.43. The van der Waals surface area contributed by atoms with Crippen molar-refractivity contribution in [3.8, 4) is 0 Å². The van der Waals surface area contributed by atoms with Gasteiger partial charge in [0.25, 0.3) is 5.91 Å². The van der Waals surface area contributed by atoms with Crippen molar-refractivity contribution in [1.29, 1.82) is 0 Å². The molecule has 0 unspecified atom stereocenters. The molecule has 2 aromatic carbocycles. The van der Waals surface area contributed by atoms with Crippen LogP contribution >= 0.6 is 0 Å². The molecule has 3 rings (SSSR count). The Labute approximate surface area is 135 Å². The van der Waals surface area contributed by atoms with Crippen LogP contribution in [0.3, 0.4) is 0 Å². The number of nitrogens with zero attached hydrogens (tertiary/aromatic N) is 2. The summed E-state index contributed by atoms with van der Waals surface area (Å²) in [7, 11) is 0. The van der Waals surface area contributed by atoms with Gasteiger partial charge in [0.2, 0.25) is 0 Å². The number of benzene rings is 2. The molecule has 0 atom stereocenters. The molecular weight excluding hydrogens is 288 g/mol. The van der Waals surface area contributed by atoms with Gasteiger partial charge >= 0.3 is 6.03 Å². The van der Waals surface area contributed by atoms with E-state index in [0.717, 1.165) is 11.1 Å². The molecule has 1 radical (unpaired) electrons. The molecule has 0 bridgehead atoms. The van der Waals surface area contributed by atoms with Gasteiger partial charge in [-0.1, -0.05) is 67.2 Å². The van der Waals surface area contributed by atoms with Crippen molar-refractivity contribution in [2.75, 3.05) is 0 Å². The molecule has 0 saturated carbocycles. The van der Waals surface area contributed by atoms with Crippen LogP contribution in [0.4, 0.5) is 4.79 Å². The molecule has 1 aliphatic rings. The third-order valence-electron chi connectivity index (χ3n) is 3.69. The van der Waals surface area contributed by atoms with Crippen molar-refractivity contribution >= 4 is 11.9 Å². The highest BCUT2D eigenvalue weighted by Gasteiger charge is 2.34. The first-order valence-electron chi connectivity index (χ1n) is 7.39. The minimum absolute atomic E-state index is 0.247. The number of carbonyl (C=O) groups is 2. The molecule has 0 spiro atoms. The monoisotopic (exact) mass is 305 g/mol. The zero-order chi connectivity index (χ0) is 16.2. The maximum atomic E-state index is 12.6. The first-order valence-corrected chi connectivity index (χ1v) is 7.39. The van der Waals surface area contributed by atoms with Crippen molar-refractivity contribution in [2.24, 2.45) is 0 Å². The summed E-state index contributed by atoms with van der Waals surface area (Å²) in [6.45, 7) is 5.96. The van der Waals surface area contributed by atoms with Gasteiger partial charge in [-0.15, -0.1) is 0 Å².